The van der Waals surface area contributed by atoms with Crippen LogP contribution in [0.4, 0.5) is 0 Å². The zero-order chi connectivity index (χ0) is 26.6. The van der Waals surface area contributed by atoms with E-state index < -0.39 is 0 Å². The van der Waals surface area contributed by atoms with Gasteiger partial charge in [-0.2, -0.15) is 0 Å². The molecule has 1 N–H and O–H groups in total. The normalized spacial score (nSPS) is 18.9. The number of hydrogen-bond donors (Lipinski definition) is 1. The second-order valence-corrected chi connectivity index (χ2v) is 10.3. The summed E-state index contributed by atoms with van der Waals surface area (Å²) >= 11 is 6.01. The predicted molar refractivity (Wildman–Crippen MR) is 147 cm³/mol. The minimum Gasteiger partial charge on any atom is -0.330 e. The second-order valence-electron chi connectivity index (χ2n) is 9.96. The van der Waals surface area contributed by atoms with E-state index in [0.29, 0.717) is 17.2 Å². The van der Waals surface area contributed by atoms with Gasteiger partial charge in [-0.3, -0.25) is 10.2 Å². The molecule has 3 heterocycles. The van der Waals surface area contributed by atoms with Crippen LogP contribution < -0.4 is 5.43 Å². The van der Waals surface area contributed by atoms with Crippen LogP contribution in [0.5, 0.6) is 0 Å². The summed E-state index contributed by atoms with van der Waals surface area (Å²) in [6, 6.07) is 0.350. The van der Waals surface area contributed by atoms with Crippen molar-refractivity contribution in [1.82, 2.24) is 29.2 Å². The number of halogens is 1. The fourth-order valence-electron chi connectivity index (χ4n) is 4.66. The topological polar surface area (TPSA) is 90.5 Å². The van der Waals surface area contributed by atoms with Crippen LogP contribution in [0.15, 0.2) is 90.1 Å². The van der Waals surface area contributed by atoms with Gasteiger partial charge in [0.1, 0.15) is 18.2 Å². The molecule has 1 unspecified atom stereocenters. The zero-order valence-electron chi connectivity index (χ0n) is 21.8. The molecule has 192 valence electrons. The summed E-state index contributed by atoms with van der Waals surface area (Å²) in [7, 11) is 0. The van der Waals surface area contributed by atoms with Crippen molar-refractivity contribution in [1.29, 1.82) is 0 Å². The van der Waals surface area contributed by atoms with Crippen molar-refractivity contribution in [2.24, 2.45) is 5.41 Å². The number of imidazole rings is 2. The highest BCUT2D eigenvalue weighted by atomic mass is 35.5. The van der Waals surface area contributed by atoms with E-state index >= 15 is 0 Å². The number of nitrogens with one attached hydrogen (secondary N) is 1. The largest absolute Gasteiger partial charge is 0.330 e. The fraction of sp³-hybridized carbons (Fsp3) is 0.321. The third-order valence-electron chi connectivity index (χ3n) is 6.69. The first kappa shape index (κ1) is 26.3. The summed E-state index contributed by atoms with van der Waals surface area (Å²) in [5, 5.41) is 0.236. The summed E-state index contributed by atoms with van der Waals surface area (Å²) in [4.78, 5) is 28.8. The van der Waals surface area contributed by atoms with Gasteiger partial charge in [0.25, 0.3) is 5.91 Å². The molecule has 0 saturated carbocycles. The Labute approximate surface area is 222 Å². The molecule has 0 fully saturated rings. The Hall–Kier alpha value is -3.78. The van der Waals surface area contributed by atoms with Crippen LogP contribution in [-0.4, -0.2) is 35.1 Å². The number of hydrogen-bond acceptors (Lipinski definition) is 5. The van der Waals surface area contributed by atoms with Gasteiger partial charge in [-0.15, -0.1) is 0 Å². The van der Waals surface area contributed by atoms with Crippen molar-refractivity contribution in [2.75, 3.05) is 5.43 Å². The molecule has 3 aromatic heterocycles. The highest BCUT2D eigenvalue weighted by Crippen LogP contribution is 2.45. The van der Waals surface area contributed by atoms with Crippen LogP contribution in [-0.2, 0) is 4.79 Å². The number of allylic oxidation sites excluding steroid dienone is 9. The molecule has 0 saturated heterocycles. The SMILES string of the molecule is CC1=C(/C=C/C(C)=C/C=C/C(C)=C/C(=O)Nn2cnc3c(Cl)ncnc32)C(C)(C)CCC1n1ccnc1. The lowest BCUT2D eigenvalue weighted by Gasteiger charge is -2.37. The Morgan fingerprint density at radius 1 is 1.16 bits per heavy atom. The molecule has 0 aromatic carbocycles. The second kappa shape index (κ2) is 11.1. The lowest BCUT2D eigenvalue weighted by Crippen LogP contribution is -2.25. The summed E-state index contributed by atoms with van der Waals surface area (Å²) in [6.45, 7) is 10.8. The van der Waals surface area contributed by atoms with Gasteiger partial charge in [0.05, 0.1) is 12.4 Å². The molecule has 3 aromatic rings. The lowest BCUT2D eigenvalue weighted by atomic mass is 9.71. The number of nitrogens with zero attached hydrogens (tertiary/aromatic N) is 6. The minimum atomic E-state index is -0.300. The number of aromatic nitrogens is 6. The van der Waals surface area contributed by atoms with Crippen molar-refractivity contribution in [3.8, 4) is 0 Å². The van der Waals surface area contributed by atoms with Gasteiger partial charge in [-0.1, -0.05) is 61.4 Å². The van der Waals surface area contributed by atoms with Crippen molar-refractivity contribution in [3.63, 3.8) is 0 Å². The Morgan fingerprint density at radius 3 is 2.73 bits per heavy atom. The summed E-state index contributed by atoms with van der Waals surface area (Å²) in [6.07, 6.45) is 22.6. The van der Waals surface area contributed by atoms with Crippen LogP contribution in [0.1, 0.15) is 53.5 Å². The molecule has 9 heteroatoms. The Bertz CT molecular complexity index is 1440. The van der Waals surface area contributed by atoms with E-state index in [4.69, 9.17) is 11.6 Å². The number of amides is 1. The molecular formula is C28H32ClN7O. The van der Waals surface area contributed by atoms with Crippen molar-refractivity contribution in [3.05, 3.63) is 95.3 Å². The molecule has 8 nitrogen and oxygen atoms in total. The van der Waals surface area contributed by atoms with Gasteiger partial charge in [-0.25, -0.2) is 24.6 Å². The number of carbonyl (C=O) groups excluding carboxylic acids is 1. The van der Waals surface area contributed by atoms with Gasteiger partial charge in [0.2, 0.25) is 0 Å². The molecule has 0 bridgehead atoms. The molecule has 1 aliphatic rings. The Kier molecular flexibility index (Phi) is 7.88. The molecule has 4 rings (SSSR count). The third kappa shape index (κ3) is 6.14. The van der Waals surface area contributed by atoms with Gasteiger partial charge >= 0.3 is 0 Å². The number of carbonyl (C=O) groups is 1. The van der Waals surface area contributed by atoms with E-state index in [-0.39, 0.29) is 16.5 Å². The van der Waals surface area contributed by atoms with Gasteiger partial charge in [0, 0.05) is 18.5 Å². The monoisotopic (exact) mass is 517 g/mol. The van der Waals surface area contributed by atoms with E-state index in [9.17, 15) is 4.79 Å². The van der Waals surface area contributed by atoms with E-state index in [0.717, 1.165) is 24.0 Å². The molecule has 1 amide bonds. The van der Waals surface area contributed by atoms with E-state index in [2.05, 4.69) is 69.8 Å². The highest BCUT2D eigenvalue weighted by molar-refractivity contribution is 6.33. The summed E-state index contributed by atoms with van der Waals surface area (Å²) in [5.74, 6) is -0.300. The first-order valence-electron chi connectivity index (χ1n) is 12.2. The number of fused-ring (bicyclic) bond motifs is 1. The smallest absolute Gasteiger partial charge is 0.263 e. The van der Waals surface area contributed by atoms with Gasteiger partial charge < -0.3 is 4.57 Å². The maximum Gasteiger partial charge on any atom is 0.263 e. The maximum absolute atomic E-state index is 12.4. The van der Waals surface area contributed by atoms with Gasteiger partial charge in [0.15, 0.2) is 10.8 Å². The molecule has 1 atom stereocenters. The first-order valence-corrected chi connectivity index (χ1v) is 12.6. The Balaban J connectivity index is 1.41. The third-order valence-corrected chi connectivity index (χ3v) is 6.97. The van der Waals surface area contributed by atoms with Crippen LogP contribution in [0.3, 0.4) is 0 Å². The van der Waals surface area contributed by atoms with Crippen molar-refractivity contribution in [2.45, 2.75) is 53.5 Å². The van der Waals surface area contributed by atoms with Crippen LogP contribution in [0, 0.1) is 5.41 Å². The van der Waals surface area contributed by atoms with Crippen LogP contribution >= 0.6 is 11.6 Å². The highest BCUT2D eigenvalue weighted by Gasteiger charge is 2.32. The average Bonchev–Trinajstić information content (AvgIpc) is 3.50. The van der Waals surface area contributed by atoms with Gasteiger partial charge in [-0.05, 0) is 55.7 Å². The summed E-state index contributed by atoms with van der Waals surface area (Å²) in [5.41, 5.74) is 8.40. The van der Waals surface area contributed by atoms with Crippen LogP contribution in [0.2, 0.25) is 5.15 Å². The standard InChI is InChI=1S/C28H32ClN7O/c1-19(9-10-22-21(3)23(11-12-28(22,4)5)35-14-13-30-17-35)7-6-8-20(2)15-24(37)34-36-18-33-25-26(29)31-16-32-27(25)36/h6-10,13-18,23H,11-12H2,1-5H3,(H,34,37)/b8-6+,10-9+,19-7+,20-15+. The molecule has 0 radical (unpaired) electrons. The first-order chi connectivity index (χ1) is 17.7. The fourth-order valence-corrected chi connectivity index (χ4v) is 4.84. The van der Waals surface area contributed by atoms with E-state index in [1.54, 1.807) is 0 Å². The summed E-state index contributed by atoms with van der Waals surface area (Å²) < 4.78 is 3.63. The maximum atomic E-state index is 12.4. The van der Waals surface area contributed by atoms with Crippen molar-refractivity contribution < 1.29 is 4.79 Å². The van der Waals surface area contributed by atoms with Crippen LogP contribution in [0.25, 0.3) is 11.2 Å². The molecule has 37 heavy (non-hydrogen) atoms. The zero-order valence-corrected chi connectivity index (χ0v) is 22.6. The molecule has 0 aliphatic heterocycles. The Morgan fingerprint density at radius 2 is 1.97 bits per heavy atom. The minimum absolute atomic E-state index is 0.123. The average molecular weight is 518 g/mol. The van der Waals surface area contributed by atoms with Crippen molar-refractivity contribution >= 4 is 28.7 Å². The molecular weight excluding hydrogens is 486 g/mol. The predicted octanol–water partition coefficient (Wildman–Crippen LogP) is 6.13. The molecule has 1 aliphatic carbocycles. The quantitative estimate of drug-likeness (QED) is 0.231. The van der Waals surface area contributed by atoms with E-state index in [1.807, 2.05) is 43.9 Å². The van der Waals surface area contributed by atoms with E-state index in [1.165, 1.54) is 34.6 Å². The number of rotatable bonds is 7. The molecule has 0 spiro atoms. The lowest BCUT2D eigenvalue weighted by molar-refractivity contribution is -0.112.